The summed E-state index contributed by atoms with van der Waals surface area (Å²) in [4.78, 5) is 12.7. The van der Waals surface area contributed by atoms with Gasteiger partial charge in [-0.15, -0.1) is 0 Å². The van der Waals surface area contributed by atoms with E-state index in [2.05, 4.69) is 4.90 Å². The van der Waals surface area contributed by atoms with Crippen LogP contribution in [-0.2, 0) is 9.47 Å². The van der Waals surface area contributed by atoms with E-state index in [1.165, 1.54) is 0 Å². The van der Waals surface area contributed by atoms with Gasteiger partial charge < -0.3 is 14.4 Å². The predicted octanol–water partition coefficient (Wildman–Crippen LogP) is 1.31. The molecule has 0 atom stereocenters. The molecule has 0 unspecified atom stereocenters. The fraction of sp³-hybridized carbons (Fsp3) is 0.417. The van der Waals surface area contributed by atoms with Crippen LogP contribution in [0, 0.1) is 0 Å². The fourth-order valence-electron chi connectivity index (χ4n) is 1.82. The Morgan fingerprint density at radius 1 is 1.19 bits per heavy atom. The number of methoxy groups -OCH3 is 2. The molecule has 4 heteroatoms. The second-order valence-corrected chi connectivity index (χ2v) is 3.88. The Balaban J connectivity index is 2.03. The third-order valence-corrected chi connectivity index (χ3v) is 3.00. The summed E-state index contributed by atoms with van der Waals surface area (Å²) in [5.74, 6) is -0.469. The monoisotopic (exact) mass is 221 g/mol. The number of carbonyl (C=O) groups excluding carboxylic acids is 1. The molecule has 0 aromatic heterocycles. The summed E-state index contributed by atoms with van der Waals surface area (Å²) in [7, 11) is 3.30. The minimum Gasteiger partial charge on any atom is -0.361 e. The molecule has 4 nitrogen and oxygen atoms in total. The van der Waals surface area contributed by atoms with Gasteiger partial charge in [0, 0.05) is 25.5 Å². The van der Waals surface area contributed by atoms with E-state index in [1.807, 2.05) is 24.3 Å². The lowest BCUT2D eigenvalue weighted by Gasteiger charge is -2.48. The molecule has 1 saturated heterocycles. The first-order valence-electron chi connectivity index (χ1n) is 5.13. The van der Waals surface area contributed by atoms with Crippen molar-refractivity contribution in [2.45, 2.75) is 5.79 Å². The van der Waals surface area contributed by atoms with E-state index < -0.39 is 5.79 Å². The Morgan fingerprint density at radius 3 is 2.19 bits per heavy atom. The van der Waals surface area contributed by atoms with Crippen LogP contribution >= 0.6 is 0 Å². The molecular weight excluding hydrogens is 206 g/mol. The molecular formula is C12H15NO3. The first kappa shape index (κ1) is 11.1. The van der Waals surface area contributed by atoms with Crippen molar-refractivity contribution in [2.75, 3.05) is 32.2 Å². The second kappa shape index (κ2) is 4.23. The summed E-state index contributed by atoms with van der Waals surface area (Å²) in [6.45, 7) is 1.42. The lowest BCUT2D eigenvalue weighted by Crippen LogP contribution is -2.64. The van der Waals surface area contributed by atoms with E-state index in [1.54, 1.807) is 14.2 Å². The molecule has 86 valence electrons. The van der Waals surface area contributed by atoms with Gasteiger partial charge in [-0.05, 0) is 24.3 Å². The number of rotatable bonds is 4. The smallest absolute Gasteiger partial charge is 0.203 e. The van der Waals surface area contributed by atoms with E-state index in [-0.39, 0.29) is 0 Å². The normalized spacial score (nSPS) is 18.0. The van der Waals surface area contributed by atoms with Gasteiger partial charge in [-0.1, -0.05) is 0 Å². The van der Waals surface area contributed by atoms with Crippen molar-refractivity contribution in [1.82, 2.24) is 0 Å². The number of ether oxygens (including phenoxy) is 2. The summed E-state index contributed by atoms with van der Waals surface area (Å²) in [6.07, 6.45) is 0.842. The van der Waals surface area contributed by atoms with Crippen LogP contribution in [-0.4, -0.2) is 39.4 Å². The Labute approximate surface area is 94.8 Å². The number of benzene rings is 1. The molecule has 0 saturated carbocycles. The Kier molecular flexibility index (Phi) is 2.94. The first-order valence-corrected chi connectivity index (χ1v) is 5.13. The topological polar surface area (TPSA) is 38.8 Å². The van der Waals surface area contributed by atoms with Crippen molar-refractivity contribution >= 4 is 12.0 Å². The number of hydrogen-bond acceptors (Lipinski definition) is 4. The van der Waals surface area contributed by atoms with E-state index in [9.17, 15) is 4.79 Å². The number of aldehydes is 1. The van der Waals surface area contributed by atoms with Crippen LogP contribution in [0.25, 0.3) is 0 Å². The second-order valence-electron chi connectivity index (χ2n) is 3.88. The third-order valence-electron chi connectivity index (χ3n) is 3.00. The highest BCUT2D eigenvalue weighted by Crippen LogP contribution is 2.30. The van der Waals surface area contributed by atoms with Gasteiger partial charge in [-0.2, -0.15) is 0 Å². The third kappa shape index (κ3) is 1.81. The number of anilines is 1. The van der Waals surface area contributed by atoms with Crippen molar-refractivity contribution in [2.24, 2.45) is 0 Å². The molecule has 1 aliphatic rings. The minimum absolute atomic E-state index is 0.469. The van der Waals surface area contributed by atoms with Crippen molar-refractivity contribution in [3.63, 3.8) is 0 Å². The highest BCUT2D eigenvalue weighted by Gasteiger charge is 2.43. The van der Waals surface area contributed by atoms with Crippen LogP contribution in [0.1, 0.15) is 10.4 Å². The van der Waals surface area contributed by atoms with Crippen LogP contribution in [0.3, 0.4) is 0 Å². The Morgan fingerprint density at radius 2 is 1.75 bits per heavy atom. The zero-order valence-corrected chi connectivity index (χ0v) is 9.47. The predicted molar refractivity (Wildman–Crippen MR) is 60.8 cm³/mol. The molecule has 0 amide bonds. The molecule has 1 aromatic rings. The zero-order chi connectivity index (χ0) is 11.6. The van der Waals surface area contributed by atoms with E-state index in [0.717, 1.165) is 12.0 Å². The molecule has 2 rings (SSSR count). The quantitative estimate of drug-likeness (QED) is 0.567. The molecule has 0 radical (unpaired) electrons. The molecule has 1 heterocycles. The van der Waals surface area contributed by atoms with Crippen molar-refractivity contribution in [3.8, 4) is 0 Å². The lowest BCUT2D eigenvalue weighted by atomic mass is 10.1. The minimum atomic E-state index is -0.469. The van der Waals surface area contributed by atoms with Gasteiger partial charge in [0.05, 0.1) is 13.1 Å². The maximum atomic E-state index is 10.5. The van der Waals surface area contributed by atoms with Gasteiger partial charge in [0.15, 0.2) is 0 Å². The summed E-state index contributed by atoms with van der Waals surface area (Å²) < 4.78 is 10.6. The largest absolute Gasteiger partial charge is 0.361 e. The number of hydrogen-bond donors (Lipinski definition) is 0. The van der Waals surface area contributed by atoms with Crippen LogP contribution in [0.2, 0.25) is 0 Å². The Hall–Kier alpha value is -1.39. The molecule has 1 fully saturated rings. The van der Waals surface area contributed by atoms with E-state index in [4.69, 9.17) is 9.47 Å². The average Bonchev–Trinajstić information content (AvgIpc) is 2.30. The van der Waals surface area contributed by atoms with Crippen LogP contribution in [0.4, 0.5) is 5.69 Å². The molecule has 0 spiro atoms. The molecule has 0 N–H and O–H groups in total. The molecule has 0 bridgehead atoms. The standard InChI is InChI=1S/C12H15NO3/c1-15-12(16-2)8-13(9-12)11-5-3-10(7-14)4-6-11/h3-7H,8-9H2,1-2H3. The van der Waals surface area contributed by atoms with Gasteiger partial charge in [-0.25, -0.2) is 0 Å². The SMILES string of the molecule is COC1(OC)CN(c2ccc(C=O)cc2)C1. The zero-order valence-electron chi connectivity index (χ0n) is 9.47. The number of carbonyl (C=O) groups is 1. The van der Waals surface area contributed by atoms with Gasteiger partial charge >= 0.3 is 0 Å². The van der Waals surface area contributed by atoms with Gasteiger partial charge in [-0.3, -0.25) is 4.79 Å². The summed E-state index contributed by atoms with van der Waals surface area (Å²) in [5, 5.41) is 0. The maximum Gasteiger partial charge on any atom is 0.203 e. The highest BCUT2D eigenvalue weighted by atomic mass is 16.7. The summed E-state index contributed by atoms with van der Waals surface area (Å²) in [5.41, 5.74) is 1.77. The van der Waals surface area contributed by atoms with Crippen molar-refractivity contribution in [1.29, 1.82) is 0 Å². The lowest BCUT2D eigenvalue weighted by molar-refractivity contribution is -0.219. The Bertz CT molecular complexity index is 362. The van der Waals surface area contributed by atoms with Crippen molar-refractivity contribution < 1.29 is 14.3 Å². The summed E-state index contributed by atoms with van der Waals surface area (Å²) in [6, 6.07) is 7.47. The molecule has 1 aromatic carbocycles. The van der Waals surface area contributed by atoms with Crippen molar-refractivity contribution in [3.05, 3.63) is 29.8 Å². The molecule has 16 heavy (non-hydrogen) atoms. The van der Waals surface area contributed by atoms with Gasteiger partial charge in [0.25, 0.3) is 0 Å². The van der Waals surface area contributed by atoms with Crippen LogP contribution in [0.5, 0.6) is 0 Å². The van der Waals surface area contributed by atoms with E-state index in [0.29, 0.717) is 18.7 Å². The van der Waals surface area contributed by atoms with E-state index >= 15 is 0 Å². The molecule has 1 aliphatic heterocycles. The maximum absolute atomic E-state index is 10.5. The first-order chi connectivity index (χ1) is 7.73. The fourth-order valence-corrected chi connectivity index (χ4v) is 1.82. The van der Waals surface area contributed by atoms with Gasteiger partial charge in [0.1, 0.15) is 6.29 Å². The van der Waals surface area contributed by atoms with Crippen LogP contribution < -0.4 is 4.90 Å². The average molecular weight is 221 g/mol. The van der Waals surface area contributed by atoms with Gasteiger partial charge in [0.2, 0.25) is 5.79 Å². The van der Waals surface area contributed by atoms with Crippen LogP contribution in [0.15, 0.2) is 24.3 Å². The summed E-state index contributed by atoms with van der Waals surface area (Å²) >= 11 is 0. The highest BCUT2D eigenvalue weighted by molar-refractivity contribution is 5.75. The number of nitrogens with zero attached hydrogens (tertiary/aromatic N) is 1. The molecule has 0 aliphatic carbocycles.